The van der Waals surface area contributed by atoms with Crippen molar-refractivity contribution in [2.45, 2.75) is 0 Å². The second-order valence-electron chi connectivity index (χ2n) is 8.59. The third kappa shape index (κ3) is 4.30. The first kappa shape index (κ1) is 21.6. The van der Waals surface area contributed by atoms with Crippen LogP contribution in [-0.2, 0) is 0 Å². The SMILES string of the molecule is c1ccc(-c2nc(-c3ccc(N(c4ccccc4)c4ccccc4)cc3)[nH]c2-c2ccccc2)cc1. The monoisotopic (exact) mass is 463 g/mol. The molecule has 1 N–H and O–H groups in total. The molecule has 0 saturated carbocycles. The fourth-order valence-electron chi connectivity index (χ4n) is 4.50. The van der Waals surface area contributed by atoms with Crippen molar-refractivity contribution >= 4 is 17.1 Å². The van der Waals surface area contributed by atoms with Gasteiger partial charge in [-0.05, 0) is 48.5 Å². The largest absolute Gasteiger partial charge is 0.337 e. The molecule has 0 aliphatic heterocycles. The van der Waals surface area contributed by atoms with Gasteiger partial charge in [0.25, 0.3) is 0 Å². The van der Waals surface area contributed by atoms with Gasteiger partial charge in [0.15, 0.2) is 0 Å². The highest BCUT2D eigenvalue weighted by molar-refractivity contribution is 5.82. The average molecular weight is 464 g/mol. The van der Waals surface area contributed by atoms with Crippen molar-refractivity contribution in [3.8, 4) is 33.9 Å². The molecule has 0 bridgehead atoms. The normalized spacial score (nSPS) is 10.8. The van der Waals surface area contributed by atoms with Crippen LogP contribution in [0.2, 0.25) is 0 Å². The highest BCUT2D eigenvalue weighted by Crippen LogP contribution is 2.36. The van der Waals surface area contributed by atoms with Crippen LogP contribution in [0.4, 0.5) is 17.1 Å². The number of benzene rings is 5. The number of nitrogens with zero attached hydrogens (tertiary/aromatic N) is 2. The van der Waals surface area contributed by atoms with Crippen molar-refractivity contribution < 1.29 is 0 Å². The molecule has 5 aromatic carbocycles. The minimum Gasteiger partial charge on any atom is -0.337 e. The number of para-hydroxylation sites is 2. The van der Waals surface area contributed by atoms with E-state index in [1.54, 1.807) is 0 Å². The van der Waals surface area contributed by atoms with E-state index in [1.807, 2.05) is 24.3 Å². The van der Waals surface area contributed by atoms with E-state index in [1.165, 1.54) is 0 Å². The molecule has 1 aromatic heterocycles. The topological polar surface area (TPSA) is 31.9 Å². The Morgan fingerprint density at radius 2 is 0.861 bits per heavy atom. The van der Waals surface area contributed by atoms with Gasteiger partial charge in [0.05, 0.1) is 11.4 Å². The summed E-state index contributed by atoms with van der Waals surface area (Å²) in [7, 11) is 0. The van der Waals surface area contributed by atoms with Gasteiger partial charge in [-0.1, -0.05) is 97.1 Å². The zero-order valence-electron chi connectivity index (χ0n) is 19.8. The van der Waals surface area contributed by atoms with Gasteiger partial charge in [0, 0.05) is 33.8 Å². The van der Waals surface area contributed by atoms with E-state index in [4.69, 9.17) is 4.98 Å². The minimum absolute atomic E-state index is 0.852. The van der Waals surface area contributed by atoms with Gasteiger partial charge in [0.1, 0.15) is 5.82 Å². The molecule has 3 nitrogen and oxygen atoms in total. The van der Waals surface area contributed by atoms with Gasteiger partial charge >= 0.3 is 0 Å². The molecule has 3 heteroatoms. The Labute approximate surface area is 211 Å². The Hall–Kier alpha value is -4.89. The van der Waals surface area contributed by atoms with Crippen LogP contribution in [-0.4, -0.2) is 9.97 Å². The summed E-state index contributed by atoms with van der Waals surface area (Å²) < 4.78 is 0. The first-order valence-corrected chi connectivity index (χ1v) is 12.1. The van der Waals surface area contributed by atoms with Gasteiger partial charge in [0.2, 0.25) is 0 Å². The summed E-state index contributed by atoms with van der Waals surface area (Å²) in [5.74, 6) is 0.852. The molecule has 0 amide bonds. The van der Waals surface area contributed by atoms with Crippen molar-refractivity contribution in [3.05, 3.63) is 146 Å². The van der Waals surface area contributed by atoms with Crippen molar-refractivity contribution in [1.29, 1.82) is 0 Å². The lowest BCUT2D eigenvalue weighted by Gasteiger charge is -2.25. The number of H-pyrrole nitrogens is 1. The second kappa shape index (κ2) is 9.77. The number of aromatic amines is 1. The Morgan fingerprint density at radius 1 is 0.417 bits per heavy atom. The van der Waals surface area contributed by atoms with Crippen LogP contribution in [0.5, 0.6) is 0 Å². The molecule has 1 heterocycles. The molecule has 172 valence electrons. The minimum atomic E-state index is 0.852. The summed E-state index contributed by atoms with van der Waals surface area (Å²) in [5.41, 5.74) is 8.56. The average Bonchev–Trinajstić information content (AvgIpc) is 3.41. The quantitative estimate of drug-likeness (QED) is 0.267. The number of anilines is 3. The summed E-state index contributed by atoms with van der Waals surface area (Å²) in [4.78, 5) is 10.9. The first-order chi connectivity index (χ1) is 17.9. The number of nitrogens with one attached hydrogen (secondary N) is 1. The van der Waals surface area contributed by atoms with E-state index in [9.17, 15) is 0 Å². The van der Waals surface area contributed by atoms with Gasteiger partial charge < -0.3 is 9.88 Å². The number of hydrogen-bond acceptors (Lipinski definition) is 2. The Balaban J connectivity index is 1.41. The lowest BCUT2D eigenvalue weighted by molar-refractivity contribution is 1.27. The maximum Gasteiger partial charge on any atom is 0.138 e. The highest BCUT2D eigenvalue weighted by atomic mass is 15.1. The van der Waals surface area contributed by atoms with E-state index in [0.717, 1.165) is 51.0 Å². The molecule has 0 unspecified atom stereocenters. The van der Waals surface area contributed by atoms with Crippen LogP contribution in [0.15, 0.2) is 146 Å². The number of rotatable bonds is 6. The summed E-state index contributed by atoms with van der Waals surface area (Å²) in [5, 5.41) is 0. The maximum absolute atomic E-state index is 5.05. The predicted molar refractivity (Wildman–Crippen MR) is 150 cm³/mol. The van der Waals surface area contributed by atoms with Crippen molar-refractivity contribution in [2.24, 2.45) is 0 Å². The fourth-order valence-corrected chi connectivity index (χ4v) is 4.50. The van der Waals surface area contributed by atoms with E-state index in [0.29, 0.717) is 0 Å². The number of imidazole rings is 1. The standard InChI is InChI=1S/C33H25N3/c1-5-13-25(14-6-1)31-32(26-15-7-2-8-16-26)35-33(34-31)27-21-23-30(24-22-27)36(28-17-9-3-10-18-28)29-19-11-4-12-20-29/h1-24H,(H,34,35). The van der Waals surface area contributed by atoms with Crippen LogP contribution in [0.25, 0.3) is 33.9 Å². The maximum atomic E-state index is 5.05. The van der Waals surface area contributed by atoms with Gasteiger partial charge in [-0.15, -0.1) is 0 Å². The Bertz CT molecular complexity index is 1440. The fraction of sp³-hybridized carbons (Fsp3) is 0. The molecule has 0 radical (unpaired) electrons. The summed E-state index contributed by atoms with van der Waals surface area (Å²) >= 11 is 0. The lowest BCUT2D eigenvalue weighted by atomic mass is 10.1. The summed E-state index contributed by atoms with van der Waals surface area (Å²) in [6.07, 6.45) is 0. The van der Waals surface area contributed by atoms with Crippen molar-refractivity contribution in [3.63, 3.8) is 0 Å². The van der Waals surface area contributed by atoms with Crippen LogP contribution < -0.4 is 4.90 Å². The molecule has 0 saturated heterocycles. The molecular weight excluding hydrogens is 438 g/mol. The third-order valence-electron chi connectivity index (χ3n) is 6.24. The summed E-state index contributed by atoms with van der Waals surface area (Å²) in [6.45, 7) is 0. The third-order valence-corrected chi connectivity index (χ3v) is 6.24. The number of aromatic nitrogens is 2. The zero-order valence-corrected chi connectivity index (χ0v) is 19.8. The molecule has 0 aliphatic rings. The molecule has 0 spiro atoms. The molecule has 36 heavy (non-hydrogen) atoms. The van der Waals surface area contributed by atoms with Crippen LogP contribution >= 0.6 is 0 Å². The van der Waals surface area contributed by atoms with Crippen LogP contribution in [0, 0.1) is 0 Å². The van der Waals surface area contributed by atoms with Crippen molar-refractivity contribution in [1.82, 2.24) is 9.97 Å². The second-order valence-corrected chi connectivity index (χ2v) is 8.59. The zero-order chi connectivity index (χ0) is 24.2. The smallest absolute Gasteiger partial charge is 0.138 e. The highest BCUT2D eigenvalue weighted by Gasteiger charge is 2.16. The van der Waals surface area contributed by atoms with Crippen molar-refractivity contribution in [2.75, 3.05) is 4.90 Å². The number of hydrogen-bond donors (Lipinski definition) is 1. The molecule has 6 aromatic rings. The first-order valence-electron chi connectivity index (χ1n) is 12.1. The van der Waals surface area contributed by atoms with Crippen LogP contribution in [0.1, 0.15) is 0 Å². The van der Waals surface area contributed by atoms with Gasteiger partial charge in [-0.3, -0.25) is 0 Å². The van der Waals surface area contributed by atoms with E-state index >= 15 is 0 Å². The van der Waals surface area contributed by atoms with E-state index in [-0.39, 0.29) is 0 Å². The molecule has 0 aliphatic carbocycles. The lowest BCUT2D eigenvalue weighted by Crippen LogP contribution is -2.09. The summed E-state index contributed by atoms with van der Waals surface area (Å²) in [6, 6.07) is 50.2. The Kier molecular flexibility index (Phi) is 5.87. The molecule has 6 rings (SSSR count). The van der Waals surface area contributed by atoms with Crippen LogP contribution in [0.3, 0.4) is 0 Å². The van der Waals surface area contributed by atoms with E-state index in [2.05, 4.69) is 131 Å². The van der Waals surface area contributed by atoms with Gasteiger partial charge in [-0.2, -0.15) is 0 Å². The predicted octanol–water partition coefficient (Wildman–Crippen LogP) is 8.88. The molecule has 0 atom stereocenters. The molecule has 0 fully saturated rings. The molecular formula is C33H25N3. The van der Waals surface area contributed by atoms with Gasteiger partial charge in [-0.25, -0.2) is 4.98 Å². The Morgan fingerprint density at radius 3 is 1.39 bits per heavy atom. The van der Waals surface area contributed by atoms with E-state index < -0.39 is 0 Å².